The van der Waals surface area contributed by atoms with Crippen LogP contribution in [-0.4, -0.2) is 22.9 Å². The number of aryl methyl sites for hydroxylation is 1. The zero-order chi connectivity index (χ0) is 20.4. The standard InChI is InChI=1S/C20H21FN2O4/c1-11-5-7-13(22-19(27)20(2,3)4)10-16(11)23-17(24)14-8-6-12(18(25)26)9-15(14)21/h5-10H,1-4H3,(H,22,27)(H,23,24)(H,25,26). The van der Waals surface area contributed by atoms with Crippen LogP contribution < -0.4 is 10.6 Å². The number of carboxylic acid groups (broad SMARTS) is 1. The van der Waals surface area contributed by atoms with Crippen LogP contribution in [0, 0.1) is 18.2 Å². The van der Waals surface area contributed by atoms with E-state index in [1.165, 1.54) is 0 Å². The first-order valence-corrected chi connectivity index (χ1v) is 8.25. The number of carbonyl (C=O) groups excluding carboxylic acids is 2. The first kappa shape index (κ1) is 20.1. The third-order valence-electron chi connectivity index (χ3n) is 3.89. The van der Waals surface area contributed by atoms with Gasteiger partial charge in [-0.3, -0.25) is 9.59 Å². The number of benzene rings is 2. The van der Waals surface area contributed by atoms with Gasteiger partial charge in [-0.1, -0.05) is 26.8 Å². The summed E-state index contributed by atoms with van der Waals surface area (Å²) in [6.07, 6.45) is 0. The van der Waals surface area contributed by atoms with Crippen molar-refractivity contribution >= 4 is 29.2 Å². The normalized spacial score (nSPS) is 11.0. The third kappa shape index (κ3) is 4.91. The van der Waals surface area contributed by atoms with Gasteiger partial charge in [0.05, 0.1) is 11.1 Å². The van der Waals surface area contributed by atoms with E-state index in [1.807, 2.05) is 0 Å². The van der Waals surface area contributed by atoms with Gasteiger partial charge in [-0.15, -0.1) is 0 Å². The largest absolute Gasteiger partial charge is 0.478 e. The number of aromatic carboxylic acids is 1. The van der Waals surface area contributed by atoms with Crippen LogP contribution in [0.5, 0.6) is 0 Å². The van der Waals surface area contributed by atoms with Gasteiger partial charge in [0.15, 0.2) is 0 Å². The quantitative estimate of drug-likeness (QED) is 0.754. The number of amides is 2. The number of halogens is 1. The topological polar surface area (TPSA) is 95.5 Å². The lowest BCUT2D eigenvalue weighted by Crippen LogP contribution is -2.27. The van der Waals surface area contributed by atoms with E-state index in [-0.39, 0.29) is 17.0 Å². The van der Waals surface area contributed by atoms with Gasteiger partial charge in [-0.2, -0.15) is 0 Å². The fourth-order valence-electron chi connectivity index (χ4n) is 2.17. The maximum Gasteiger partial charge on any atom is 0.335 e. The molecule has 0 saturated heterocycles. The van der Waals surface area contributed by atoms with E-state index in [2.05, 4.69) is 10.6 Å². The van der Waals surface area contributed by atoms with E-state index in [0.29, 0.717) is 11.4 Å². The van der Waals surface area contributed by atoms with E-state index in [4.69, 9.17) is 5.11 Å². The van der Waals surface area contributed by atoms with Crippen LogP contribution in [0.15, 0.2) is 36.4 Å². The van der Waals surface area contributed by atoms with E-state index >= 15 is 0 Å². The van der Waals surface area contributed by atoms with Crippen molar-refractivity contribution < 1.29 is 23.9 Å². The second-order valence-corrected chi connectivity index (χ2v) is 7.19. The van der Waals surface area contributed by atoms with Crippen molar-refractivity contribution in [3.8, 4) is 0 Å². The zero-order valence-electron chi connectivity index (χ0n) is 15.5. The lowest BCUT2D eigenvalue weighted by molar-refractivity contribution is -0.123. The zero-order valence-corrected chi connectivity index (χ0v) is 15.5. The lowest BCUT2D eigenvalue weighted by Gasteiger charge is -2.18. The Morgan fingerprint density at radius 3 is 2.22 bits per heavy atom. The molecule has 0 unspecified atom stereocenters. The van der Waals surface area contributed by atoms with Crippen LogP contribution in [0.3, 0.4) is 0 Å². The van der Waals surface area contributed by atoms with Crippen LogP contribution >= 0.6 is 0 Å². The molecule has 0 fully saturated rings. The summed E-state index contributed by atoms with van der Waals surface area (Å²) in [6.45, 7) is 7.10. The maximum absolute atomic E-state index is 14.1. The molecule has 0 aliphatic heterocycles. The molecule has 0 spiro atoms. The number of nitrogens with one attached hydrogen (secondary N) is 2. The van der Waals surface area contributed by atoms with Gasteiger partial charge in [0, 0.05) is 16.8 Å². The number of rotatable bonds is 4. The summed E-state index contributed by atoms with van der Waals surface area (Å²) in [7, 11) is 0. The maximum atomic E-state index is 14.1. The molecular formula is C20H21FN2O4. The Morgan fingerprint density at radius 1 is 1.00 bits per heavy atom. The predicted molar refractivity (Wildman–Crippen MR) is 101 cm³/mol. The number of hydrogen-bond acceptors (Lipinski definition) is 3. The number of carbonyl (C=O) groups is 3. The van der Waals surface area contributed by atoms with E-state index < -0.39 is 23.1 Å². The Bertz CT molecular complexity index is 917. The first-order chi connectivity index (χ1) is 12.5. The molecule has 0 radical (unpaired) electrons. The molecule has 2 aromatic carbocycles. The number of carboxylic acids is 1. The molecule has 27 heavy (non-hydrogen) atoms. The van der Waals surface area contributed by atoms with Crippen molar-refractivity contribution in [2.45, 2.75) is 27.7 Å². The van der Waals surface area contributed by atoms with Crippen LogP contribution in [0.25, 0.3) is 0 Å². The summed E-state index contributed by atoms with van der Waals surface area (Å²) >= 11 is 0. The van der Waals surface area contributed by atoms with E-state index in [9.17, 15) is 18.8 Å². The van der Waals surface area contributed by atoms with Crippen molar-refractivity contribution in [3.63, 3.8) is 0 Å². The molecule has 3 N–H and O–H groups in total. The van der Waals surface area contributed by atoms with Crippen molar-refractivity contribution in [2.24, 2.45) is 5.41 Å². The Hall–Kier alpha value is -3.22. The Kier molecular flexibility index (Phi) is 5.64. The monoisotopic (exact) mass is 372 g/mol. The SMILES string of the molecule is Cc1ccc(NC(=O)C(C)(C)C)cc1NC(=O)c1ccc(C(=O)O)cc1F. The molecule has 6 nitrogen and oxygen atoms in total. The highest BCUT2D eigenvalue weighted by molar-refractivity contribution is 6.06. The molecule has 0 saturated carbocycles. The molecule has 0 bridgehead atoms. The van der Waals surface area contributed by atoms with Crippen LogP contribution in [-0.2, 0) is 4.79 Å². The van der Waals surface area contributed by atoms with E-state index in [0.717, 1.165) is 23.8 Å². The van der Waals surface area contributed by atoms with Crippen LogP contribution in [0.2, 0.25) is 0 Å². The molecule has 2 rings (SSSR count). The molecule has 0 aliphatic rings. The van der Waals surface area contributed by atoms with Gasteiger partial charge in [-0.05, 0) is 42.8 Å². The predicted octanol–water partition coefficient (Wildman–Crippen LogP) is 4.07. The molecule has 0 aromatic heterocycles. The average molecular weight is 372 g/mol. The van der Waals surface area contributed by atoms with Gasteiger partial charge >= 0.3 is 5.97 Å². The van der Waals surface area contributed by atoms with Gasteiger partial charge < -0.3 is 15.7 Å². The Morgan fingerprint density at radius 2 is 1.67 bits per heavy atom. The van der Waals surface area contributed by atoms with Crippen LogP contribution in [0.1, 0.15) is 47.1 Å². The molecule has 0 aliphatic carbocycles. The highest BCUT2D eigenvalue weighted by Crippen LogP contribution is 2.24. The summed E-state index contributed by atoms with van der Waals surface area (Å²) in [5.74, 6) is -3.10. The summed E-state index contributed by atoms with van der Waals surface area (Å²) in [6, 6.07) is 8.08. The fraction of sp³-hybridized carbons (Fsp3) is 0.250. The molecule has 2 aromatic rings. The lowest BCUT2D eigenvalue weighted by atomic mass is 9.95. The van der Waals surface area contributed by atoms with Gasteiger partial charge in [-0.25, -0.2) is 9.18 Å². The third-order valence-corrected chi connectivity index (χ3v) is 3.89. The Balaban J connectivity index is 2.24. The summed E-state index contributed by atoms with van der Waals surface area (Å²) < 4.78 is 14.1. The number of hydrogen-bond donors (Lipinski definition) is 3. The minimum Gasteiger partial charge on any atom is -0.478 e. The molecule has 7 heteroatoms. The first-order valence-electron chi connectivity index (χ1n) is 8.25. The summed E-state index contributed by atoms with van der Waals surface area (Å²) in [5, 5.41) is 14.2. The Labute approximate surface area is 156 Å². The van der Waals surface area contributed by atoms with Crippen molar-refractivity contribution in [1.82, 2.24) is 0 Å². The average Bonchev–Trinajstić information content (AvgIpc) is 2.56. The van der Waals surface area contributed by atoms with Gasteiger partial charge in [0.2, 0.25) is 5.91 Å². The molecule has 142 valence electrons. The minimum absolute atomic E-state index is 0.182. The fourth-order valence-corrected chi connectivity index (χ4v) is 2.17. The van der Waals surface area contributed by atoms with Crippen molar-refractivity contribution in [1.29, 1.82) is 0 Å². The molecule has 0 atom stereocenters. The van der Waals surface area contributed by atoms with E-state index in [1.54, 1.807) is 45.9 Å². The van der Waals surface area contributed by atoms with Crippen LogP contribution in [0.4, 0.5) is 15.8 Å². The minimum atomic E-state index is -1.28. The molecule has 0 heterocycles. The second kappa shape index (κ2) is 7.57. The van der Waals surface area contributed by atoms with Crippen molar-refractivity contribution in [3.05, 3.63) is 58.9 Å². The summed E-state index contributed by atoms with van der Waals surface area (Å²) in [5.41, 5.74) is 0.532. The molecular weight excluding hydrogens is 351 g/mol. The van der Waals surface area contributed by atoms with Gasteiger partial charge in [0.25, 0.3) is 5.91 Å². The number of anilines is 2. The molecule has 2 amide bonds. The van der Waals surface area contributed by atoms with Gasteiger partial charge in [0.1, 0.15) is 5.82 Å². The highest BCUT2D eigenvalue weighted by Gasteiger charge is 2.21. The van der Waals surface area contributed by atoms with Crippen molar-refractivity contribution in [2.75, 3.05) is 10.6 Å². The smallest absolute Gasteiger partial charge is 0.335 e. The highest BCUT2D eigenvalue weighted by atomic mass is 19.1. The summed E-state index contributed by atoms with van der Waals surface area (Å²) in [4.78, 5) is 35.3. The second-order valence-electron chi connectivity index (χ2n) is 7.19.